The second-order valence-electron chi connectivity index (χ2n) is 16.5. The van der Waals surface area contributed by atoms with Gasteiger partial charge in [0.25, 0.3) is 11.8 Å². The number of carbonyl (C=O) groups excluding carboxylic acids is 6. The number of likely N-dealkylation sites (N-methyl/N-ethyl adjacent to an activating group) is 1. The van der Waals surface area contributed by atoms with Crippen LogP contribution in [0.4, 0.5) is 9.59 Å². The van der Waals surface area contributed by atoms with Crippen molar-refractivity contribution in [2.75, 3.05) is 26.7 Å². The molecule has 0 fully saturated rings. The molecule has 5 amide bonds. The number of tetrazole rings is 1. The van der Waals surface area contributed by atoms with E-state index in [4.69, 9.17) is 14.3 Å². The molecule has 0 bridgehead atoms. The third-order valence-corrected chi connectivity index (χ3v) is 10.4. The summed E-state index contributed by atoms with van der Waals surface area (Å²) in [6.45, 7) is 8.87. The van der Waals surface area contributed by atoms with Crippen molar-refractivity contribution < 1.29 is 43.1 Å². The Kier molecular flexibility index (Phi) is 21.5. The smallest absolute Gasteiger partial charge is 0.410 e. The number of hydrogen-bond donors (Lipinski definition) is 3. The van der Waals surface area contributed by atoms with Gasteiger partial charge >= 0.3 is 18.2 Å². The van der Waals surface area contributed by atoms with Gasteiger partial charge in [0.2, 0.25) is 5.91 Å². The number of aromatic nitrogens is 4. The number of hydrazine groups is 1. The lowest BCUT2D eigenvalue weighted by atomic mass is 10.0. The van der Waals surface area contributed by atoms with Gasteiger partial charge in [-0.15, -0.1) is 5.10 Å². The third kappa shape index (κ3) is 17.9. The van der Waals surface area contributed by atoms with Crippen molar-refractivity contribution in [2.24, 2.45) is 11.8 Å². The number of benzene rings is 3. The Balaban J connectivity index is 1.64. The summed E-state index contributed by atoms with van der Waals surface area (Å²) in [7, 11) is 1.37. The van der Waals surface area contributed by atoms with Gasteiger partial charge in [-0.25, -0.2) is 24.1 Å². The van der Waals surface area contributed by atoms with E-state index < -0.39 is 60.6 Å². The first kappa shape index (κ1) is 51.7. The van der Waals surface area contributed by atoms with Gasteiger partial charge in [-0.2, -0.15) is 5.06 Å². The standard InChI is InChI=1S/C47H64N10O9/c1-7-8-27-55(51-44(60)42(34(2)3)49-40(58)26-28-56-33-48-52-53-56)29-39(25-24-36-18-12-9-13-19-36)57(66-41(59)30-54(6)47(63)65-32-38-22-16-11-17-23-38)45(61)43(35(4)5)50-46(62)64-31-37-20-14-10-15-21-37/h9-23,33-35,39,42-43H,7-8,24-32H2,1-6H3,(H,49,58)(H,50,62)(H,51,60)/t39-,42-,43-/m0/s1. The maximum absolute atomic E-state index is 15.0. The lowest BCUT2D eigenvalue weighted by Gasteiger charge is -2.37. The molecule has 1 aromatic heterocycles. The van der Waals surface area contributed by atoms with Crippen molar-refractivity contribution in [1.29, 1.82) is 0 Å². The highest BCUT2D eigenvalue weighted by molar-refractivity contribution is 5.88. The molecule has 0 spiro atoms. The first-order chi connectivity index (χ1) is 31.7. The van der Waals surface area contributed by atoms with Gasteiger partial charge < -0.3 is 29.8 Å². The van der Waals surface area contributed by atoms with E-state index in [1.165, 1.54) is 18.1 Å². The fourth-order valence-corrected chi connectivity index (χ4v) is 6.63. The van der Waals surface area contributed by atoms with Crippen LogP contribution in [0.2, 0.25) is 0 Å². The number of unbranched alkanes of at least 4 members (excludes halogenated alkanes) is 1. The number of nitrogens with one attached hydrogen (secondary N) is 3. The van der Waals surface area contributed by atoms with E-state index in [9.17, 15) is 28.8 Å². The average molecular weight is 913 g/mol. The Morgan fingerprint density at radius 2 is 1.35 bits per heavy atom. The van der Waals surface area contributed by atoms with Crippen LogP contribution in [0.25, 0.3) is 0 Å². The molecular weight excluding hydrogens is 849 g/mol. The Labute approximate surface area is 386 Å². The van der Waals surface area contributed by atoms with E-state index in [0.717, 1.165) is 33.1 Å². The number of rotatable bonds is 25. The molecule has 0 saturated heterocycles. The van der Waals surface area contributed by atoms with E-state index in [1.807, 2.05) is 87.5 Å². The molecule has 19 nitrogen and oxygen atoms in total. The van der Waals surface area contributed by atoms with Crippen LogP contribution in [0, 0.1) is 11.8 Å². The summed E-state index contributed by atoms with van der Waals surface area (Å²) < 4.78 is 12.3. The molecule has 3 aromatic carbocycles. The monoisotopic (exact) mass is 912 g/mol. The number of hydrogen-bond acceptors (Lipinski definition) is 13. The van der Waals surface area contributed by atoms with Crippen LogP contribution in [0.3, 0.4) is 0 Å². The van der Waals surface area contributed by atoms with Crippen LogP contribution in [0.15, 0.2) is 97.3 Å². The molecule has 19 heteroatoms. The molecule has 3 N–H and O–H groups in total. The van der Waals surface area contributed by atoms with Gasteiger partial charge in [0, 0.05) is 26.6 Å². The predicted octanol–water partition coefficient (Wildman–Crippen LogP) is 4.85. The molecule has 4 aromatic rings. The van der Waals surface area contributed by atoms with Crippen molar-refractivity contribution >= 4 is 35.9 Å². The van der Waals surface area contributed by atoms with Crippen molar-refractivity contribution in [2.45, 2.75) is 105 Å². The first-order valence-electron chi connectivity index (χ1n) is 22.3. The molecule has 0 aliphatic heterocycles. The lowest BCUT2D eigenvalue weighted by Crippen LogP contribution is -2.60. The van der Waals surface area contributed by atoms with E-state index in [1.54, 1.807) is 43.1 Å². The summed E-state index contributed by atoms with van der Waals surface area (Å²) in [4.78, 5) is 89.4. The average Bonchev–Trinajstić information content (AvgIpc) is 3.84. The summed E-state index contributed by atoms with van der Waals surface area (Å²) in [6.07, 6.45) is 1.77. The molecule has 1 heterocycles. The second-order valence-corrected chi connectivity index (χ2v) is 16.5. The minimum absolute atomic E-state index is 0.0237. The fraction of sp³-hybridized carbons (Fsp3) is 0.468. The summed E-state index contributed by atoms with van der Waals surface area (Å²) in [5.74, 6) is -3.45. The maximum atomic E-state index is 15.0. The molecule has 66 heavy (non-hydrogen) atoms. The van der Waals surface area contributed by atoms with Crippen molar-refractivity contribution in [3.8, 4) is 0 Å². The Bertz CT molecular complexity index is 2090. The van der Waals surface area contributed by atoms with Crippen LogP contribution in [0.5, 0.6) is 0 Å². The van der Waals surface area contributed by atoms with Gasteiger partial charge in [-0.1, -0.05) is 132 Å². The number of amides is 5. The number of nitrogens with zero attached hydrogens (tertiary/aromatic N) is 7. The zero-order valence-electron chi connectivity index (χ0n) is 38.7. The van der Waals surface area contributed by atoms with E-state index in [-0.39, 0.29) is 51.0 Å². The van der Waals surface area contributed by atoms with Crippen LogP contribution in [0.1, 0.15) is 77.0 Å². The molecule has 356 valence electrons. The topological polar surface area (TPSA) is 220 Å². The predicted molar refractivity (Wildman–Crippen MR) is 243 cm³/mol. The van der Waals surface area contributed by atoms with Gasteiger partial charge in [0.15, 0.2) is 0 Å². The molecular formula is C47H64N10O9. The largest absolute Gasteiger partial charge is 0.445 e. The molecule has 0 unspecified atom stereocenters. The normalized spacial score (nSPS) is 12.4. The van der Waals surface area contributed by atoms with Gasteiger partial charge in [0.05, 0.1) is 12.6 Å². The fourth-order valence-electron chi connectivity index (χ4n) is 6.63. The van der Waals surface area contributed by atoms with E-state index in [2.05, 4.69) is 31.6 Å². The number of ether oxygens (including phenoxy) is 2. The van der Waals surface area contributed by atoms with Gasteiger partial charge in [-0.3, -0.25) is 19.8 Å². The summed E-state index contributed by atoms with van der Waals surface area (Å²) in [5.41, 5.74) is 5.39. The summed E-state index contributed by atoms with van der Waals surface area (Å²) >= 11 is 0. The zero-order chi connectivity index (χ0) is 47.8. The Morgan fingerprint density at radius 3 is 1.91 bits per heavy atom. The number of hydroxylamine groups is 2. The molecule has 4 rings (SSSR count). The van der Waals surface area contributed by atoms with Gasteiger partial charge in [-0.05, 0) is 58.2 Å². The highest BCUT2D eigenvalue weighted by Gasteiger charge is 2.38. The van der Waals surface area contributed by atoms with Crippen molar-refractivity contribution in [1.82, 2.24) is 51.2 Å². The molecule has 0 radical (unpaired) electrons. The first-order valence-corrected chi connectivity index (χ1v) is 22.3. The minimum Gasteiger partial charge on any atom is -0.445 e. The Morgan fingerprint density at radius 1 is 0.758 bits per heavy atom. The molecule has 0 saturated carbocycles. The molecule has 0 aliphatic carbocycles. The molecule has 0 aliphatic rings. The second kappa shape index (κ2) is 27.4. The van der Waals surface area contributed by atoms with Crippen molar-refractivity contribution in [3.63, 3.8) is 0 Å². The SMILES string of the molecule is CCCCN(C[C@H](CCc1ccccc1)N(OC(=O)CN(C)C(=O)OCc1ccccc1)C(=O)[C@@H](NC(=O)OCc1ccccc1)C(C)C)NC(=O)[C@@H](NC(=O)CCn1cnnn1)C(C)C. The summed E-state index contributed by atoms with van der Waals surface area (Å²) in [5, 5.41) is 19.1. The zero-order valence-corrected chi connectivity index (χ0v) is 38.7. The highest BCUT2D eigenvalue weighted by Crippen LogP contribution is 2.19. The number of alkyl carbamates (subject to hydrolysis) is 1. The maximum Gasteiger partial charge on any atom is 0.410 e. The number of carbonyl (C=O) groups is 6. The van der Waals surface area contributed by atoms with E-state index in [0.29, 0.717) is 19.4 Å². The highest BCUT2D eigenvalue weighted by atomic mass is 16.7. The van der Waals surface area contributed by atoms with Crippen LogP contribution in [-0.2, 0) is 59.7 Å². The van der Waals surface area contributed by atoms with Gasteiger partial charge in [0.1, 0.15) is 38.2 Å². The van der Waals surface area contributed by atoms with Crippen LogP contribution >= 0.6 is 0 Å². The Hall–Kier alpha value is -6.89. The van der Waals surface area contributed by atoms with Crippen LogP contribution < -0.4 is 16.1 Å². The van der Waals surface area contributed by atoms with E-state index >= 15 is 0 Å². The quantitative estimate of drug-likeness (QED) is 0.0759. The van der Waals surface area contributed by atoms with Crippen molar-refractivity contribution in [3.05, 3.63) is 114 Å². The molecule has 3 atom stereocenters. The number of aryl methyl sites for hydroxylation is 2. The summed E-state index contributed by atoms with van der Waals surface area (Å²) in [6, 6.07) is 24.5. The third-order valence-electron chi connectivity index (χ3n) is 10.4. The minimum atomic E-state index is -1.25. The lowest BCUT2D eigenvalue weighted by molar-refractivity contribution is -0.212. The van der Waals surface area contributed by atoms with Crippen LogP contribution in [-0.4, -0.2) is 116 Å².